The molecule has 2 aliphatic rings. The molecule has 0 aliphatic heterocycles. The van der Waals surface area contributed by atoms with E-state index < -0.39 is 0 Å². The van der Waals surface area contributed by atoms with E-state index in [0.717, 1.165) is 28.7 Å². The molecular weight excluding hydrogens is 196 g/mol. The SMILES string of the molecule is CCC1=CC=C2C(=Cc3ccccc32)C1=O. The van der Waals surface area contributed by atoms with Crippen LogP contribution < -0.4 is 0 Å². The van der Waals surface area contributed by atoms with Crippen LogP contribution in [0.1, 0.15) is 24.5 Å². The first kappa shape index (κ1) is 9.34. The van der Waals surface area contributed by atoms with Gasteiger partial charge in [0.2, 0.25) is 0 Å². The molecule has 1 aromatic rings. The Labute approximate surface area is 94.8 Å². The van der Waals surface area contributed by atoms with Gasteiger partial charge in [-0.3, -0.25) is 4.79 Å². The molecule has 0 heterocycles. The fourth-order valence-electron chi connectivity index (χ4n) is 2.32. The van der Waals surface area contributed by atoms with Crippen molar-refractivity contribution in [2.24, 2.45) is 0 Å². The van der Waals surface area contributed by atoms with Crippen molar-refractivity contribution >= 4 is 17.4 Å². The maximum atomic E-state index is 12.1. The Balaban J connectivity index is 2.19. The van der Waals surface area contributed by atoms with Crippen molar-refractivity contribution in [1.82, 2.24) is 0 Å². The number of fused-ring (bicyclic) bond motifs is 3. The zero-order chi connectivity index (χ0) is 11.1. The van der Waals surface area contributed by atoms with Crippen molar-refractivity contribution in [3.63, 3.8) is 0 Å². The molecule has 3 rings (SSSR count). The summed E-state index contributed by atoms with van der Waals surface area (Å²) in [6.07, 6.45) is 6.83. The highest BCUT2D eigenvalue weighted by molar-refractivity contribution is 6.25. The van der Waals surface area contributed by atoms with E-state index in [1.54, 1.807) is 0 Å². The number of ketones is 1. The molecule has 1 aromatic carbocycles. The molecule has 0 unspecified atom stereocenters. The lowest BCUT2D eigenvalue weighted by molar-refractivity contribution is -0.111. The number of benzene rings is 1. The minimum Gasteiger partial charge on any atom is -0.289 e. The van der Waals surface area contributed by atoms with Gasteiger partial charge in [0.05, 0.1) is 0 Å². The van der Waals surface area contributed by atoms with Crippen molar-refractivity contribution in [3.8, 4) is 0 Å². The zero-order valence-electron chi connectivity index (χ0n) is 9.16. The highest BCUT2D eigenvalue weighted by Crippen LogP contribution is 2.39. The summed E-state index contributed by atoms with van der Waals surface area (Å²) in [7, 11) is 0. The summed E-state index contributed by atoms with van der Waals surface area (Å²) in [5, 5.41) is 0. The van der Waals surface area contributed by atoms with Crippen molar-refractivity contribution in [3.05, 3.63) is 58.7 Å². The molecule has 0 aromatic heterocycles. The topological polar surface area (TPSA) is 17.1 Å². The van der Waals surface area contributed by atoms with Crippen LogP contribution in [0.5, 0.6) is 0 Å². The van der Waals surface area contributed by atoms with Gasteiger partial charge in [0.15, 0.2) is 5.78 Å². The van der Waals surface area contributed by atoms with E-state index in [4.69, 9.17) is 0 Å². The minimum atomic E-state index is 0.191. The van der Waals surface area contributed by atoms with Gasteiger partial charge >= 0.3 is 0 Å². The fourth-order valence-corrected chi connectivity index (χ4v) is 2.32. The van der Waals surface area contributed by atoms with Crippen LogP contribution in [-0.4, -0.2) is 5.78 Å². The summed E-state index contributed by atoms with van der Waals surface area (Å²) in [4.78, 5) is 12.1. The van der Waals surface area contributed by atoms with Crippen molar-refractivity contribution in [1.29, 1.82) is 0 Å². The van der Waals surface area contributed by atoms with Gasteiger partial charge in [0.1, 0.15) is 0 Å². The predicted octanol–water partition coefficient (Wildman–Crippen LogP) is 3.39. The number of carbonyl (C=O) groups is 1. The molecule has 0 spiro atoms. The summed E-state index contributed by atoms with van der Waals surface area (Å²) in [6.45, 7) is 2.02. The average Bonchev–Trinajstić information content (AvgIpc) is 2.69. The number of hydrogen-bond donors (Lipinski definition) is 0. The molecule has 0 saturated carbocycles. The van der Waals surface area contributed by atoms with E-state index in [1.165, 1.54) is 5.56 Å². The smallest absolute Gasteiger partial charge is 0.189 e. The van der Waals surface area contributed by atoms with Crippen LogP contribution in [0.3, 0.4) is 0 Å². The number of rotatable bonds is 1. The predicted molar refractivity (Wildman–Crippen MR) is 65.8 cm³/mol. The van der Waals surface area contributed by atoms with Gasteiger partial charge in [-0.05, 0) is 34.8 Å². The molecule has 78 valence electrons. The lowest BCUT2D eigenvalue weighted by atomic mass is 9.90. The molecule has 16 heavy (non-hydrogen) atoms. The molecule has 0 atom stereocenters. The summed E-state index contributed by atoms with van der Waals surface area (Å²) < 4.78 is 0. The van der Waals surface area contributed by atoms with Crippen LogP contribution in [0.25, 0.3) is 11.6 Å². The molecule has 0 radical (unpaired) electrons. The maximum Gasteiger partial charge on any atom is 0.189 e. The van der Waals surface area contributed by atoms with E-state index in [9.17, 15) is 4.79 Å². The number of carbonyl (C=O) groups excluding carboxylic acids is 1. The Bertz CT molecular complexity index is 571. The first-order valence-electron chi connectivity index (χ1n) is 5.58. The van der Waals surface area contributed by atoms with Gasteiger partial charge in [0, 0.05) is 5.57 Å². The molecule has 2 aliphatic carbocycles. The van der Waals surface area contributed by atoms with E-state index in [2.05, 4.69) is 18.2 Å². The Morgan fingerprint density at radius 1 is 1.06 bits per heavy atom. The Morgan fingerprint density at radius 2 is 1.88 bits per heavy atom. The fraction of sp³-hybridized carbons (Fsp3) is 0.133. The maximum absolute atomic E-state index is 12.1. The highest BCUT2D eigenvalue weighted by Gasteiger charge is 2.27. The first-order valence-corrected chi connectivity index (χ1v) is 5.58. The quantitative estimate of drug-likeness (QED) is 0.691. The van der Waals surface area contributed by atoms with Crippen LogP contribution in [0.15, 0.2) is 47.6 Å². The van der Waals surface area contributed by atoms with Crippen LogP contribution in [-0.2, 0) is 4.79 Å². The number of Topliss-reactive ketones (excluding diaryl/α,β-unsaturated/α-hetero) is 1. The first-order chi connectivity index (χ1) is 7.81. The Hall–Kier alpha value is -1.89. The minimum absolute atomic E-state index is 0.191. The second-order valence-corrected chi connectivity index (χ2v) is 4.10. The van der Waals surface area contributed by atoms with E-state index in [-0.39, 0.29) is 5.78 Å². The molecule has 0 amide bonds. The lowest BCUT2D eigenvalue weighted by Crippen LogP contribution is -2.08. The van der Waals surface area contributed by atoms with Gasteiger partial charge in [-0.25, -0.2) is 0 Å². The third-order valence-electron chi connectivity index (χ3n) is 3.21. The van der Waals surface area contributed by atoms with Crippen molar-refractivity contribution < 1.29 is 4.79 Å². The van der Waals surface area contributed by atoms with Gasteiger partial charge < -0.3 is 0 Å². The summed E-state index contributed by atoms with van der Waals surface area (Å²) in [5.41, 5.74) is 5.18. The summed E-state index contributed by atoms with van der Waals surface area (Å²) in [5.74, 6) is 0.191. The van der Waals surface area contributed by atoms with Crippen LogP contribution in [0.4, 0.5) is 0 Å². The second-order valence-electron chi connectivity index (χ2n) is 4.10. The van der Waals surface area contributed by atoms with Crippen LogP contribution >= 0.6 is 0 Å². The van der Waals surface area contributed by atoms with Gasteiger partial charge in [-0.1, -0.05) is 43.3 Å². The normalized spacial score (nSPS) is 17.3. The van der Waals surface area contributed by atoms with E-state index in [0.29, 0.717) is 0 Å². The van der Waals surface area contributed by atoms with Crippen molar-refractivity contribution in [2.45, 2.75) is 13.3 Å². The van der Waals surface area contributed by atoms with E-state index >= 15 is 0 Å². The summed E-state index contributed by atoms with van der Waals surface area (Å²) >= 11 is 0. The average molecular weight is 208 g/mol. The van der Waals surface area contributed by atoms with Crippen molar-refractivity contribution in [2.75, 3.05) is 0 Å². The van der Waals surface area contributed by atoms with Gasteiger partial charge in [0.25, 0.3) is 0 Å². The van der Waals surface area contributed by atoms with Gasteiger partial charge in [-0.2, -0.15) is 0 Å². The summed E-state index contributed by atoms with van der Waals surface area (Å²) in [6, 6.07) is 8.15. The lowest BCUT2D eigenvalue weighted by Gasteiger charge is -2.12. The molecule has 0 N–H and O–H groups in total. The number of allylic oxidation sites excluding steroid dienone is 5. The highest BCUT2D eigenvalue weighted by atomic mass is 16.1. The second kappa shape index (κ2) is 3.31. The van der Waals surface area contributed by atoms with E-state index in [1.807, 2.05) is 31.2 Å². The van der Waals surface area contributed by atoms with Crippen LogP contribution in [0, 0.1) is 0 Å². The molecule has 1 heteroatoms. The largest absolute Gasteiger partial charge is 0.289 e. The Morgan fingerprint density at radius 3 is 2.69 bits per heavy atom. The molecule has 0 saturated heterocycles. The third-order valence-corrected chi connectivity index (χ3v) is 3.21. The third kappa shape index (κ3) is 1.15. The molecule has 0 fully saturated rings. The standard InChI is InChI=1S/C15H12O/c1-2-10-7-8-13-12-6-4-3-5-11(12)9-14(13)15(10)16/h3-9H,2H2,1H3. The molecular formula is C15H12O. The molecule has 0 bridgehead atoms. The Kier molecular flexibility index (Phi) is 1.93. The van der Waals surface area contributed by atoms with Crippen LogP contribution in [0.2, 0.25) is 0 Å². The number of hydrogen-bond acceptors (Lipinski definition) is 1. The monoisotopic (exact) mass is 208 g/mol. The van der Waals surface area contributed by atoms with Gasteiger partial charge in [-0.15, -0.1) is 0 Å². The molecule has 1 nitrogen and oxygen atoms in total. The zero-order valence-corrected chi connectivity index (χ0v) is 9.16.